The first-order valence-corrected chi connectivity index (χ1v) is 9.81. The third-order valence-electron chi connectivity index (χ3n) is 5.10. The van der Waals surface area contributed by atoms with Crippen LogP contribution in [0.25, 0.3) is 0 Å². The van der Waals surface area contributed by atoms with Crippen LogP contribution in [0.3, 0.4) is 0 Å². The summed E-state index contributed by atoms with van der Waals surface area (Å²) in [5.41, 5.74) is 0.485. The fourth-order valence-corrected chi connectivity index (χ4v) is 4.60. The molecular formula is C17H24N2O3S. The maximum absolute atomic E-state index is 12.4. The van der Waals surface area contributed by atoms with E-state index in [2.05, 4.69) is 9.62 Å². The van der Waals surface area contributed by atoms with Crippen LogP contribution in [0.1, 0.15) is 45.4 Å². The topological polar surface area (TPSA) is 66.5 Å². The Balaban J connectivity index is 1.73. The van der Waals surface area contributed by atoms with Crippen LogP contribution in [-0.4, -0.2) is 27.4 Å². The lowest BCUT2D eigenvalue weighted by Crippen LogP contribution is -2.40. The molecule has 2 fully saturated rings. The first-order chi connectivity index (χ1) is 10.9. The molecule has 0 aromatic heterocycles. The fraction of sp³-hybridized carbons (Fsp3) is 0.588. The molecule has 1 aromatic carbocycles. The van der Waals surface area contributed by atoms with Gasteiger partial charge in [0.25, 0.3) is 10.0 Å². The second-order valence-corrected chi connectivity index (χ2v) is 8.57. The summed E-state index contributed by atoms with van der Waals surface area (Å²) < 4.78 is 27.1. The molecule has 1 aliphatic carbocycles. The van der Waals surface area contributed by atoms with Crippen molar-refractivity contribution in [2.75, 3.05) is 18.0 Å². The molecule has 1 aliphatic heterocycles. The Bertz CT molecular complexity index is 670. The highest BCUT2D eigenvalue weighted by atomic mass is 32.2. The summed E-state index contributed by atoms with van der Waals surface area (Å²) >= 11 is 0. The van der Waals surface area contributed by atoms with Crippen molar-refractivity contribution in [3.05, 3.63) is 24.3 Å². The molecule has 0 radical (unpaired) electrons. The Labute approximate surface area is 138 Å². The van der Waals surface area contributed by atoms with Crippen LogP contribution >= 0.6 is 0 Å². The second-order valence-electron chi connectivity index (χ2n) is 6.89. The molecule has 1 heterocycles. The van der Waals surface area contributed by atoms with Gasteiger partial charge >= 0.3 is 0 Å². The van der Waals surface area contributed by atoms with Gasteiger partial charge in [-0.3, -0.25) is 4.79 Å². The van der Waals surface area contributed by atoms with Crippen molar-refractivity contribution in [1.82, 2.24) is 4.72 Å². The van der Waals surface area contributed by atoms with Crippen molar-refractivity contribution in [3.63, 3.8) is 0 Å². The van der Waals surface area contributed by atoms with Gasteiger partial charge < -0.3 is 4.90 Å². The minimum absolute atomic E-state index is 0.149. The Kier molecular flexibility index (Phi) is 4.36. The van der Waals surface area contributed by atoms with Crippen LogP contribution in [0.5, 0.6) is 0 Å². The van der Waals surface area contributed by atoms with Crippen LogP contribution in [0, 0.1) is 5.41 Å². The molecule has 2 aliphatic rings. The Morgan fingerprint density at radius 3 is 2.17 bits per heavy atom. The second kappa shape index (κ2) is 6.15. The lowest BCUT2D eigenvalue weighted by Gasteiger charge is -2.22. The van der Waals surface area contributed by atoms with E-state index in [1.807, 2.05) is 19.1 Å². The molecule has 5 nitrogen and oxygen atoms in total. The van der Waals surface area contributed by atoms with Crippen molar-refractivity contribution < 1.29 is 13.2 Å². The number of hydrogen-bond acceptors (Lipinski definition) is 4. The molecule has 23 heavy (non-hydrogen) atoms. The predicted octanol–water partition coefficient (Wildman–Crippen LogP) is 2.67. The molecule has 126 valence electrons. The number of carbonyl (C=O) groups is 1. The van der Waals surface area contributed by atoms with E-state index >= 15 is 0 Å². The quantitative estimate of drug-likeness (QED) is 0.918. The summed E-state index contributed by atoms with van der Waals surface area (Å²) in [5.74, 6) is -0.376. The van der Waals surface area contributed by atoms with E-state index in [9.17, 15) is 13.2 Å². The number of hydrogen-bond donors (Lipinski definition) is 1. The van der Waals surface area contributed by atoms with Crippen LogP contribution in [0.4, 0.5) is 5.69 Å². The summed E-state index contributed by atoms with van der Waals surface area (Å²) in [6.07, 6.45) is 5.82. The van der Waals surface area contributed by atoms with Crippen molar-refractivity contribution >= 4 is 21.6 Å². The van der Waals surface area contributed by atoms with Crippen molar-refractivity contribution in [1.29, 1.82) is 0 Å². The summed E-state index contributed by atoms with van der Waals surface area (Å²) in [6, 6.07) is 6.81. The van der Waals surface area contributed by atoms with E-state index in [4.69, 9.17) is 0 Å². The molecule has 1 aromatic rings. The molecule has 0 unspecified atom stereocenters. The average Bonchev–Trinajstić information content (AvgIpc) is 3.19. The van der Waals surface area contributed by atoms with Gasteiger partial charge in [-0.15, -0.1) is 0 Å². The van der Waals surface area contributed by atoms with Crippen molar-refractivity contribution in [3.8, 4) is 0 Å². The van der Waals surface area contributed by atoms with E-state index in [0.29, 0.717) is 0 Å². The molecule has 1 saturated carbocycles. The first kappa shape index (κ1) is 16.3. The first-order valence-electron chi connectivity index (χ1n) is 8.33. The highest BCUT2D eigenvalue weighted by Crippen LogP contribution is 2.38. The minimum Gasteiger partial charge on any atom is -0.372 e. The maximum atomic E-state index is 12.4. The largest absolute Gasteiger partial charge is 0.372 e. The van der Waals surface area contributed by atoms with Gasteiger partial charge in [0.2, 0.25) is 5.91 Å². The van der Waals surface area contributed by atoms with E-state index in [0.717, 1.165) is 44.5 Å². The third kappa shape index (κ3) is 3.37. The number of sulfonamides is 1. The highest BCUT2D eigenvalue weighted by Gasteiger charge is 2.38. The minimum atomic E-state index is -3.79. The van der Waals surface area contributed by atoms with E-state index < -0.39 is 15.4 Å². The number of benzene rings is 1. The highest BCUT2D eigenvalue weighted by molar-refractivity contribution is 7.90. The zero-order valence-corrected chi connectivity index (χ0v) is 14.4. The van der Waals surface area contributed by atoms with Gasteiger partial charge in [-0.05, 0) is 49.9 Å². The van der Waals surface area contributed by atoms with Crippen molar-refractivity contribution in [2.24, 2.45) is 5.41 Å². The molecule has 0 atom stereocenters. The fourth-order valence-electron chi connectivity index (χ4n) is 3.50. The lowest BCUT2D eigenvalue weighted by atomic mass is 9.88. The van der Waals surface area contributed by atoms with Gasteiger partial charge in [0.1, 0.15) is 0 Å². The monoisotopic (exact) mass is 336 g/mol. The summed E-state index contributed by atoms with van der Waals surface area (Å²) in [5, 5.41) is 0. The Morgan fingerprint density at radius 2 is 1.61 bits per heavy atom. The number of anilines is 1. The zero-order valence-electron chi connectivity index (χ0n) is 13.5. The van der Waals surface area contributed by atoms with E-state index in [1.54, 1.807) is 12.1 Å². The van der Waals surface area contributed by atoms with E-state index in [1.165, 1.54) is 12.8 Å². The van der Waals surface area contributed by atoms with Crippen LogP contribution in [0.15, 0.2) is 29.2 Å². The van der Waals surface area contributed by atoms with Gasteiger partial charge in [0, 0.05) is 24.2 Å². The smallest absolute Gasteiger partial charge is 0.264 e. The van der Waals surface area contributed by atoms with Crippen molar-refractivity contribution in [2.45, 2.75) is 50.3 Å². The molecule has 0 spiro atoms. The summed E-state index contributed by atoms with van der Waals surface area (Å²) in [4.78, 5) is 14.7. The molecule has 1 saturated heterocycles. The molecule has 1 N–H and O–H groups in total. The van der Waals surface area contributed by atoms with Crippen LogP contribution in [-0.2, 0) is 14.8 Å². The van der Waals surface area contributed by atoms with Gasteiger partial charge in [-0.1, -0.05) is 19.8 Å². The normalized spacial score (nSPS) is 20.7. The van der Waals surface area contributed by atoms with E-state index in [-0.39, 0.29) is 10.8 Å². The third-order valence-corrected chi connectivity index (χ3v) is 6.45. The standard InChI is InChI=1S/C17H24N2O3S/c1-17(10-2-3-11-17)16(20)18-23(21,22)15-8-6-14(7-9-15)19-12-4-5-13-19/h6-9H,2-5,10-13H2,1H3,(H,18,20). The van der Waals surface area contributed by atoms with Gasteiger partial charge in [0.05, 0.1) is 4.90 Å². The van der Waals surface area contributed by atoms with Gasteiger partial charge in [-0.25, -0.2) is 13.1 Å². The molecular weight excluding hydrogens is 312 g/mol. The predicted molar refractivity (Wildman–Crippen MR) is 89.8 cm³/mol. The average molecular weight is 336 g/mol. The molecule has 0 bridgehead atoms. The van der Waals surface area contributed by atoms with Crippen LogP contribution < -0.4 is 9.62 Å². The Morgan fingerprint density at radius 1 is 1.04 bits per heavy atom. The number of nitrogens with zero attached hydrogens (tertiary/aromatic N) is 1. The lowest BCUT2D eigenvalue weighted by molar-refractivity contribution is -0.127. The summed E-state index contributed by atoms with van der Waals surface area (Å²) in [7, 11) is -3.79. The van der Waals surface area contributed by atoms with Gasteiger partial charge in [-0.2, -0.15) is 0 Å². The number of nitrogens with one attached hydrogen (secondary N) is 1. The molecule has 6 heteroatoms. The summed E-state index contributed by atoms with van der Waals surface area (Å²) in [6.45, 7) is 3.88. The molecule has 1 amide bonds. The number of carbonyl (C=O) groups excluding carboxylic acids is 1. The van der Waals surface area contributed by atoms with Crippen LogP contribution in [0.2, 0.25) is 0 Å². The maximum Gasteiger partial charge on any atom is 0.264 e. The number of rotatable bonds is 4. The zero-order chi connectivity index (χ0) is 16.5. The molecule has 3 rings (SSSR count). The Hall–Kier alpha value is -1.56. The SMILES string of the molecule is CC1(C(=O)NS(=O)(=O)c2ccc(N3CCCC3)cc2)CCCC1. The van der Waals surface area contributed by atoms with Gasteiger partial charge in [0.15, 0.2) is 0 Å². The number of amides is 1.